The molecule has 2 aromatic rings. The predicted molar refractivity (Wildman–Crippen MR) is 132 cm³/mol. The first-order valence-electron chi connectivity index (χ1n) is 10.7. The zero-order chi connectivity index (χ0) is 23.5. The number of para-hydroxylation sites is 2. The number of carbonyl (C=O) groups is 3. The summed E-state index contributed by atoms with van der Waals surface area (Å²) in [6, 6.07) is 13.7. The Morgan fingerprint density at radius 1 is 0.969 bits per heavy atom. The highest BCUT2D eigenvalue weighted by Gasteiger charge is 2.21. The van der Waals surface area contributed by atoms with Gasteiger partial charge in [0.15, 0.2) is 0 Å². The minimum atomic E-state index is -0.673. The Morgan fingerprint density at radius 2 is 1.72 bits per heavy atom. The molecule has 2 rings (SSSR count). The normalized spacial score (nSPS) is 11.6. The lowest BCUT2D eigenvalue weighted by Crippen LogP contribution is -2.44. The summed E-state index contributed by atoms with van der Waals surface area (Å²) in [5.41, 5.74) is 7.59. The molecule has 32 heavy (non-hydrogen) atoms. The lowest BCUT2D eigenvalue weighted by molar-refractivity contribution is -0.127. The van der Waals surface area contributed by atoms with E-state index < -0.39 is 6.04 Å². The van der Waals surface area contributed by atoms with Crippen LogP contribution in [0.25, 0.3) is 0 Å². The van der Waals surface area contributed by atoms with Gasteiger partial charge in [0.05, 0.1) is 11.4 Å². The maximum absolute atomic E-state index is 12.8. The molecule has 0 fully saturated rings. The molecule has 172 valence electrons. The van der Waals surface area contributed by atoms with E-state index in [1.807, 2.05) is 26.0 Å². The van der Waals surface area contributed by atoms with Gasteiger partial charge in [-0.05, 0) is 49.1 Å². The molecule has 0 bridgehead atoms. The second kappa shape index (κ2) is 12.9. The van der Waals surface area contributed by atoms with Gasteiger partial charge in [-0.1, -0.05) is 54.4 Å². The third-order valence-electron chi connectivity index (χ3n) is 4.72. The molecule has 0 aliphatic carbocycles. The molecule has 0 aliphatic rings. The van der Waals surface area contributed by atoms with E-state index in [4.69, 9.17) is 5.73 Å². The Balaban J connectivity index is 1.89. The molecule has 0 unspecified atom stereocenters. The molecule has 1 atom stereocenters. The minimum Gasteiger partial charge on any atom is -0.397 e. The van der Waals surface area contributed by atoms with Crippen LogP contribution in [0.1, 0.15) is 46.0 Å². The maximum atomic E-state index is 12.8. The highest BCUT2D eigenvalue weighted by Crippen LogP contribution is 2.18. The number of nitrogen functional groups attached to an aromatic ring is 1. The Kier molecular flexibility index (Phi) is 10.2. The zero-order valence-corrected chi connectivity index (χ0v) is 20.1. The third-order valence-corrected chi connectivity index (χ3v) is 5.21. The van der Waals surface area contributed by atoms with Crippen molar-refractivity contribution in [1.82, 2.24) is 5.32 Å². The first kappa shape index (κ1) is 25.4. The highest BCUT2D eigenvalue weighted by molar-refractivity contribution is 9.10. The van der Waals surface area contributed by atoms with E-state index >= 15 is 0 Å². The van der Waals surface area contributed by atoms with Crippen LogP contribution in [-0.2, 0) is 14.4 Å². The summed E-state index contributed by atoms with van der Waals surface area (Å²) in [4.78, 5) is 37.3. The monoisotopic (exact) mass is 502 g/mol. The van der Waals surface area contributed by atoms with E-state index in [0.717, 1.165) is 4.47 Å². The standard InChI is InChI=1S/C24H31BrN4O3/c1-16(2)14-23(31)29-21(24(32)27-18-9-7-8-17(25)15-18)12-5-6-13-22(30)28-20-11-4-3-10-19(20)26/h3-4,7-11,15-16,21H,5-6,12-14,26H2,1-2H3,(H,27,32)(H,28,30)(H,29,31)/t21-/m0/s1. The Labute approximate surface area is 197 Å². The van der Waals surface area contributed by atoms with Gasteiger partial charge in [-0.15, -0.1) is 0 Å². The summed E-state index contributed by atoms with van der Waals surface area (Å²) in [7, 11) is 0. The van der Waals surface area contributed by atoms with Crippen LogP contribution in [0, 0.1) is 5.92 Å². The molecule has 3 amide bonds. The van der Waals surface area contributed by atoms with Crippen LogP contribution >= 0.6 is 15.9 Å². The number of nitrogens with two attached hydrogens (primary N) is 1. The second-order valence-electron chi connectivity index (χ2n) is 8.10. The number of benzene rings is 2. The quantitative estimate of drug-likeness (QED) is 0.263. The summed E-state index contributed by atoms with van der Waals surface area (Å²) in [6.07, 6.45) is 2.27. The maximum Gasteiger partial charge on any atom is 0.246 e. The Hall–Kier alpha value is -2.87. The second-order valence-corrected chi connectivity index (χ2v) is 9.01. The largest absolute Gasteiger partial charge is 0.397 e. The summed E-state index contributed by atoms with van der Waals surface area (Å²) in [5.74, 6) is -0.381. The van der Waals surface area contributed by atoms with E-state index in [-0.39, 0.29) is 23.6 Å². The number of hydrogen-bond acceptors (Lipinski definition) is 4. The molecule has 0 spiro atoms. The molecule has 0 aliphatic heterocycles. The number of hydrogen-bond donors (Lipinski definition) is 4. The summed E-state index contributed by atoms with van der Waals surface area (Å²) in [5, 5.41) is 8.49. The minimum absolute atomic E-state index is 0.137. The van der Waals surface area contributed by atoms with Gasteiger partial charge in [-0.25, -0.2) is 0 Å². The summed E-state index contributed by atoms with van der Waals surface area (Å²) < 4.78 is 0.848. The van der Waals surface area contributed by atoms with Gasteiger partial charge in [0, 0.05) is 23.0 Å². The van der Waals surface area contributed by atoms with Crippen molar-refractivity contribution in [2.75, 3.05) is 16.4 Å². The van der Waals surface area contributed by atoms with Crippen LogP contribution in [-0.4, -0.2) is 23.8 Å². The van der Waals surface area contributed by atoms with Crippen LogP contribution in [0.5, 0.6) is 0 Å². The first-order valence-corrected chi connectivity index (χ1v) is 11.5. The molecule has 0 aromatic heterocycles. The highest BCUT2D eigenvalue weighted by atomic mass is 79.9. The number of carbonyl (C=O) groups excluding carboxylic acids is 3. The number of nitrogens with one attached hydrogen (secondary N) is 3. The van der Waals surface area contributed by atoms with Crippen molar-refractivity contribution in [3.8, 4) is 0 Å². The fourth-order valence-corrected chi connectivity index (χ4v) is 3.55. The van der Waals surface area contributed by atoms with Crippen molar-refractivity contribution in [2.45, 2.75) is 52.0 Å². The van der Waals surface area contributed by atoms with Crippen LogP contribution in [0.3, 0.4) is 0 Å². The molecule has 5 N–H and O–H groups in total. The van der Waals surface area contributed by atoms with Crippen molar-refractivity contribution in [3.05, 3.63) is 53.0 Å². The van der Waals surface area contributed by atoms with E-state index in [9.17, 15) is 14.4 Å². The smallest absolute Gasteiger partial charge is 0.246 e. The van der Waals surface area contributed by atoms with E-state index in [1.54, 1.807) is 36.4 Å². The van der Waals surface area contributed by atoms with Gasteiger partial charge in [0.1, 0.15) is 6.04 Å². The summed E-state index contributed by atoms with van der Waals surface area (Å²) >= 11 is 3.38. The van der Waals surface area contributed by atoms with Crippen LogP contribution in [0.2, 0.25) is 0 Å². The molecule has 7 nitrogen and oxygen atoms in total. The molecule has 0 radical (unpaired) electrons. The molecular weight excluding hydrogens is 472 g/mol. The molecule has 0 saturated heterocycles. The van der Waals surface area contributed by atoms with Crippen LogP contribution in [0.4, 0.5) is 17.1 Å². The Bertz CT molecular complexity index is 933. The molecule has 8 heteroatoms. The average Bonchev–Trinajstić information content (AvgIpc) is 2.71. The van der Waals surface area contributed by atoms with Gasteiger partial charge in [-0.2, -0.15) is 0 Å². The van der Waals surface area contributed by atoms with Gasteiger partial charge in [0.25, 0.3) is 0 Å². The number of amides is 3. The van der Waals surface area contributed by atoms with Gasteiger partial charge in [0.2, 0.25) is 17.7 Å². The van der Waals surface area contributed by atoms with Gasteiger partial charge >= 0.3 is 0 Å². The van der Waals surface area contributed by atoms with E-state index in [2.05, 4.69) is 31.9 Å². The molecular formula is C24H31BrN4O3. The summed E-state index contributed by atoms with van der Waals surface area (Å²) in [6.45, 7) is 3.91. The van der Waals surface area contributed by atoms with Gasteiger partial charge in [-0.3, -0.25) is 14.4 Å². The van der Waals surface area contributed by atoms with Crippen molar-refractivity contribution < 1.29 is 14.4 Å². The number of rotatable bonds is 11. The molecule has 0 heterocycles. The van der Waals surface area contributed by atoms with Gasteiger partial charge < -0.3 is 21.7 Å². The molecule has 2 aromatic carbocycles. The van der Waals surface area contributed by atoms with Crippen LogP contribution in [0.15, 0.2) is 53.0 Å². The van der Waals surface area contributed by atoms with Crippen molar-refractivity contribution >= 4 is 50.7 Å². The van der Waals surface area contributed by atoms with E-state index in [1.165, 1.54) is 0 Å². The van der Waals surface area contributed by atoms with Crippen molar-refractivity contribution in [3.63, 3.8) is 0 Å². The SMILES string of the molecule is CC(C)CC(=O)N[C@@H](CCCCC(=O)Nc1ccccc1N)C(=O)Nc1cccc(Br)c1. The zero-order valence-electron chi connectivity index (χ0n) is 18.5. The number of anilines is 3. The molecule has 0 saturated carbocycles. The average molecular weight is 503 g/mol. The fraction of sp³-hybridized carbons (Fsp3) is 0.375. The predicted octanol–water partition coefficient (Wildman–Crippen LogP) is 4.70. The Morgan fingerprint density at radius 3 is 2.41 bits per heavy atom. The number of unbranched alkanes of at least 4 members (excludes halogenated alkanes) is 1. The first-order chi connectivity index (χ1) is 15.2. The lowest BCUT2D eigenvalue weighted by atomic mass is 10.1. The van der Waals surface area contributed by atoms with Crippen molar-refractivity contribution in [1.29, 1.82) is 0 Å². The van der Waals surface area contributed by atoms with E-state index in [0.29, 0.717) is 49.2 Å². The van der Waals surface area contributed by atoms with Crippen molar-refractivity contribution in [2.24, 2.45) is 5.92 Å². The topological polar surface area (TPSA) is 113 Å². The third kappa shape index (κ3) is 9.09. The number of halogens is 1. The lowest BCUT2D eigenvalue weighted by Gasteiger charge is -2.19. The fourth-order valence-electron chi connectivity index (χ4n) is 3.15. The van der Waals surface area contributed by atoms with Crippen LogP contribution < -0.4 is 21.7 Å².